The first-order valence-corrected chi connectivity index (χ1v) is 12.4. The minimum absolute atomic E-state index is 0.119. The van der Waals surface area contributed by atoms with Gasteiger partial charge in [-0.15, -0.1) is 0 Å². The second-order valence-electron chi connectivity index (χ2n) is 9.30. The number of aliphatic carboxylic acids is 1. The Morgan fingerprint density at radius 1 is 1.14 bits per heavy atom. The predicted octanol–water partition coefficient (Wildman–Crippen LogP) is 3.76. The van der Waals surface area contributed by atoms with Gasteiger partial charge in [0.1, 0.15) is 5.75 Å². The van der Waals surface area contributed by atoms with Crippen LogP contribution in [0.25, 0.3) is 21.9 Å². The maximum atomic E-state index is 11.7. The number of aryl methyl sites for hydroxylation is 2. The molecule has 1 unspecified atom stereocenters. The lowest BCUT2D eigenvalue weighted by Crippen LogP contribution is -2.16. The molecular weight excluding hydrogens is 470 g/mol. The predicted molar refractivity (Wildman–Crippen MR) is 139 cm³/mol. The number of fused-ring (bicyclic) bond motifs is 3. The number of pyridine rings is 2. The minimum Gasteiger partial charge on any atom is -0.493 e. The molecule has 0 bridgehead atoms. The van der Waals surface area contributed by atoms with Crippen molar-refractivity contribution in [3.05, 3.63) is 71.9 Å². The summed E-state index contributed by atoms with van der Waals surface area (Å²) in [7, 11) is 1.82. The highest BCUT2D eigenvalue weighted by atomic mass is 16.5. The van der Waals surface area contributed by atoms with Crippen molar-refractivity contribution in [2.24, 2.45) is 7.05 Å². The Labute approximate surface area is 212 Å². The minimum atomic E-state index is -0.911. The van der Waals surface area contributed by atoms with Gasteiger partial charge in [-0.3, -0.25) is 19.1 Å². The molecule has 0 fully saturated rings. The zero-order valence-electron chi connectivity index (χ0n) is 20.5. The van der Waals surface area contributed by atoms with Crippen LogP contribution in [0.4, 0.5) is 5.69 Å². The van der Waals surface area contributed by atoms with Crippen molar-refractivity contribution in [1.29, 1.82) is 0 Å². The normalized spacial score (nSPS) is 13.9. The lowest BCUT2D eigenvalue weighted by atomic mass is 10.0. The lowest BCUT2D eigenvalue weighted by Gasteiger charge is -2.18. The van der Waals surface area contributed by atoms with Crippen LogP contribution in [-0.2, 0) is 24.7 Å². The molecule has 188 valence electrons. The van der Waals surface area contributed by atoms with Gasteiger partial charge in [-0.2, -0.15) is 10.2 Å². The van der Waals surface area contributed by atoms with Crippen LogP contribution in [0.15, 0.2) is 55.0 Å². The van der Waals surface area contributed by atoms with E-state index >= 15 is 0 Å². The van der Waals surface area contributed by atoms with Crippen LogP contribution in [0.1, 0.15) is 35.8 Å². The number of hydrogen-bond donors (Lipinski definition) is 2. The van der Waals surface area contributed by atoms with Crippen molar-refractivity contribution in [2.45, 2.75) is 31.7 Å². The monoisotopic (exact) mass is 497 g/mol. The molecule has 1 aliphatic heterocycles. The summed E-state index contributed by atoms with van der Waals surface area (Å²) in [6, 6.07) is 11.3. The summed E-state index contributed by atoms with van der Waals surface area (Å²) >= 11 is 0. The molecule has 1 atom stereocenters. The number of carboxylic acid groups (broad SMARTS) is 1. The Balaban J connectivity index is 1.21. The van der Waals surface area contributed by atoms with E-state index in [-0.39, 0.29) is 6.42 Å². The van der Waals surface area contributed by atoms with E-state index in [1.165, 1.54) is 0 Å². The number of aromatic nitrogens is 6. The molecule has 0 aliphatic carbocycles. The quantitative estimate of drug-likeness (QED) is 0.333. The van der Waals surface area contributed by atoms with Crippen molar-refractivity contribution < 1.29 is 14.6 Å². The zero-order valence-corrected chi connectivity index (χ0v) is 20.5. The Morgan fingerprint density at radius 2 is 2.03 bits per heavy atom. The molecule has 6 rings (SSSR count). The molecule has 10 heteroatoms. The van der Waals surface area contributed by atoms with Gasteiger partial charge in [0.2, 0.25) is 0 Å². The molecule has 0 saturated heterocycles. The van der Waals surface area contributed by atoms with Crippen molar-refractivity contribution in [3.63, 3.8) is 0 Å². The van der Waals surface area contributed by atoms with Crippen molar-refractivity contribution in [1.82, 2.24) is 29.5 Å². The molecule has 1 aliphatic rings. The van der Waals surface area contributed by atoms with E-state index in [0.29, 0.717) is 6.61 Å². The van der Waals surface area contributed by atoms with Crippen LogP contribution in [0.3, 0.4) is 0 Å². The molecule has 1 aromatic carbocycles. The van der Waals surface area contributed by atoms with Crippen molar-refractivity contribution in [3.8, 4) is 5.75 Å². The number of nitrogens with zero attached hydrogens (tertiary/aromatic N) is 6. The third-order valence-electron chi connectivity index (χ3n) is 6.77. The van der Waals surface area contributed by atoms with E-state index in [2.05, 4.69) is 26.6 Å². The highest BCUT2D eigenvalue weighted by Gasteiger charge is 2.22. The Bertz CT molecular complexity index is 1610. The molecule has 4 aromatic heterocycles. The number of carboxylic acids is 1. The topological polar surface area (TPSA) is 120 Å². The highest BCUT2D eigenvalue weighted by Crippen LogP contribution is 2.29. The SMILES string of the molecule is Cn1ncc2cc(C(CC(=O)O)n3ncc4cc(OCCc5ccc6c(n5)CCCN6)ccc43)cnc21. The first-order chi connectivity index (χ1) is 18.0. The van der Waals surface area contributed by atoms with Gasteiger partial charge in [0.15, 0.2) is 5.65 Å². The summed E-state index contributed by atoms with van der Waals surface area (Å²) in [6.07, 6.45) is 7.88. The molecule has 10 nitrogen and oxygen atoms in total. The van der Waals surface area contributed by atoms with Gasteiger partial charge < -0.3 is 15.2 Å². The van der Waals surface area contributed by atoms with E-state index in [9.17, 15) is 9.90 Å². The fourth-order valence-corrected chi connectivity index (χ4v) is 4.91. The number of ether oxygens (including phenoxy) is 1. The average molecular weight is 498 g/mol. The summed E-state index contributed by atoms with van der Waals surface area (Å²) in [5.74, 6) is -0.175. The third-order valence-corrected chi connectivity index (χ3v) is 6.77. The largest absolute Gasteiger partial charge is 0.493 e. The molecule has 2 N–H and O–H groups in total. The Morgan fingerprint density at radius 3 is 2.92 bits per heavy atom. The second-order valence-corrected chi connectivity index (χ2v) is 9.30. The summed E-state index contributed by atoms with van der Waals surface area (Å²) in [5, 5.41) is 23.5. The number of rotatable bonds is 8. The maximum absolute atomic E-state index is 11.7. The molecule has 0 spiro atoms. The summed E-state index contributed by atoms with van der Waals surface area (Å²) < 4.78 is 9.46. The fraction of sp³-hybridized carbons (Fsp3) is 0.296. The summed E-state index contributed by atoms with van der Waals surface area (Å²) in [4.78, 5) is 21.0. The molecule has 0 amide bonds. The van der Waals surface area contributed by atoms with Crippen LogP contribution in [0, 0.1) is 0 Å². The molecule has 0 radical (unpaired) electrons. The molecule has 0 saturated carbocycles. The number of carbonyl (C=O) groups is 1. The first-order valence-electron chi connectivity index (χ1n) is 12.4. The molecule has 5 heterocycles. The molecule has 37 heavy (non-hydrogen) atoms. The van der Waals surface area contributed by atoms with Crippen molar-refractivity contribution >= 4 is 33.6 Å². The average Bonchev–Trinajstić information content (AvgIpc) is 3.50. The highest BCUT2D eigenvalue weighted by molar-refractivity contribution is 5.81. The van der Waals surface area contributed by atoms with E-state index in [4.69, 9.17) is 9.72 Å². The Hall–Kier alpha value is -4.47. The van der Waals surface area contributed by atoms with Crippen LogP contribution in [0.2, 0.25) is 0 Å². The van der Waals surface area contributed by atoms with Crippen LogP contribution in [-0.4, -0.2) is 53.8 Å². The third kappa shape index (κ3) is 4.57. The van der Waals surface area contributed by atoms with Crippen LogP contribution < -0.4 is 10.1 Å². The summed E-state index contributed by atoms with van der Waals surface area (Å²) in [5.41, 5.74) is 5.62. The summed E-state index contributed by atoms with van der Waals surface area (Å²) in [6.45, 7) is 1.52. The van der Waals surface area contributed by atoms with Gasteiger partial charge >= 0.3 is 5.97 Å². The first kappa shape index (κ1) is 23.0. The molecule has 5 aromatic rings. The van der Waals surface area contributed by atoms with Gasteiger partial charge in [-0.1, -0.05) is 0 Å². The van der Waals surface area contributed by atoms with E-state index < -0.39 is 12.0 Å². The second kappa shape index (κ2) is 9.53. The zero-order chi connectivity index (χ0) is 25.4. The van der Waals surface area contributed by atoms with Crippen molar-refractivity contribution in [2.75, 3.05) is 18.5 Å². The maximum Gasteiger partial charge on any atom is 0.305 e. The number of hydrogen-bond acceptors (Lipinski definition) is 7. The number of anilines is 1. The van der Waals surface area contributed by atoms with E-state index in [1.54, 1.807) is 28.0 Å². The van der Waals surface area contributed by atoms with Crippen LogP contribution in [0.5, 0.6) is 5.75 Å². The van der Waals surface area contributed by atoms with Gasteiger partial charge in [-0.25, -0.2) is 4.98 Å². The standard InChI is InChI=1S/C27H27N7O3/c1-33-27-19(16-30-33)11-17(14-29-27)25(13-26(35)36)34-24-7-5-21(12-18(24)15-31-34)37-10-8-20-4-6-22-23(32-20)3-2-9-28-22/h4-7,11-12,14-16,25,28H,2-3,8-10,13H2,1H3,(H,35,36). The van der Waals surface area contributed by atoms with E-state index in [0.717, 1.165) is 76.1 Å². The number of nitrogens with one attached hydrogen (secondary N) is 1. The van der Waals surface area contributed by atoms with Gasteiger partial charge in [0, 0.05) is 42.7 Å². The molecular formula is C27H27N7O3. The lowest BCUT2D eigenvalue weighted by molar-refractivity contribution is -0.137. The fourth-order valence-electron chi connectivity index (χ4n) is 4.91. The number of benzene rings is 1. The van der Waals surface area contributed by atoms with E-state index in [1.807, 2.05) is 37.4 Å². The van der Waals surface area contributed by atoms with Gasteiger partial charge in [-0.05, 0) is 54.8 Å². The van der Waals surface area contributed by atoms with Crippen LogP contribution >= 0.6 is 0 Å². The van der Waals surface area contributed by atoms with Gasteiger partial charge in [0.25, 0.3) is 0 Å². The van der Waals surface area contributed by atoms with Gasteiger partial charge in [0.05, 0.1) is 48.4 Å². The Kier molecular flexibility index (Phi) is 5.91. The smallest absolute Gasteiger partial charge is 0.305 e.